The molecule has 3 atom stereocenters. The van der Waals surface area contributed by atoms with E-state index in [9.17, 15) is 5.11 Å². The molecule has 1 aliphatic carbocycles. The van der Waals surface area contributed by atoms with Crippen molar-refractivity contribution < 1.29 is 15.3 Å². The molecule has 4 N–H and O–H groups in total. The van der Waals surface area contributed by atoms with Crippen LogP contribution >= 0.6 is 0 Å². The highest BCUT2D eigenvalue weighted by molar-refractivity contribution is 4.80. The van der Waals surface area contributed by atoms with Crippen molar-refractivity contribution in [3.8, 4) is 0 Å². The molecule has 0 aromatic rings. The molecule has 0 radical (unpaired) electrons. The van der Waals surface area contributed by atoms with E-state index >= 15 is 0 Å². The lowest BCUT2D eigenvalue weighted by molar-refractivity contribution is -0.0261. The molecule has 3 heteroatoms. The van der Waals surface area contributed by atoms with Crippen LogP contribution in [0.3, 0.4) is 0 Å². The summed E-state index contributed by atoms with van der Waals surface area (Å²) >= 11 is 0. The molecule has 11 heavy (non-hydrogen) atoms. The molecule has 1 rings (SSSR count). The highest BCUT2D eigenvalue weighted by atomic mass is 16.3. The summed E-state index contributed by atoms with van der Waals surface area (Å²) in [5.74, 6) is 0.125. The van der Waals surface area contributed by atoms with E-state index in [-0.39, 0.29) is 25.0 Å². The van der Waals surface area contributed by atoms with Crippen LogP contribution < -0.4 is 0 Å². The third-order valence-corrected chi connectivity index (χ3v) is 2.61. The summed E-state index contributed by atoms with van der Waals surface area (Å²) in [5, 5.41) is 25.6. The van der Waals surface area contributed by atoms with Crippen molar-refractivity contribution >= 4 is 0 Å². The highest BCUT2D eigenvalue weighted by Gasteiger charge is 2.31. The minimum atomic E-state index is -0.439. The van der Waals surface area contributed by atoms with Crippen LogP contribution in [-0.2, 0) is 0 Å². The molecule has 0 aromatic heterocycles. The molecule has 1 saturated carbocycles. The quantitative estimate of drug-likeness (QED) is 0.535. The number of rotatable bonds is 2. The van der Waals surface area contributed by atoms with Gasteiger partial charge in [0.2, 0.25) is 0 Å². The Balaban J connectivity index is 2.45. The Morgan fingerprint density at radius 3 is 2.45 bits per heavy atom. The summed E-state index contributed by atoms with van der Waals surface area (Å²) in [5.41, 5.74) is 0. The maximum Gasteiger partial charge on any atom is 0.149 e. The summed E-state index contributed by atoms with van der Waals surface area (Å²) in [6, 6.07) is 0. The largest absolute Gasteiger partial charge is 0.445 e. The second kappa shape index (κ2) is 4.04. The predicted octanol–water partition coefficient (Wildman–Crippen LogP) is -0.519. The lowest BCUT2D eigenvalue weighted by Gasteiger charge is -2.31. The van der Waals surface area contributed by atoms with Gasteiger partial charge in [-0.2, -0.15) is 0 Å². The first-order valence-electron chi connectivity index (χ1n) is 4.23. The molecule has 0 heterocycles. The number of hydrogen-bond acceptors (Lipinski definition) is 2. The summed E-state index contributed by atoms with van der Waals surface area (Å²) in [4.78, 5) is 0. The predicted molar refractivity (Wildman–Crippen MR) is 42.4 cm³/mol. The molecule has 3 nitrogen and oxygen atoms in total. The van der Waals surface area contributed by atoms with Crippen LogP contribution in [0.4, 0.5) is 0 Å². The smallest absolute Gasteiger partial charge is 0.149 e. The number of aliphatic hydroxyl groups excluding tert-OH is 2. The highest BCUT2D eigenvalue weighted by Crippen LogP contribution is 2.28. The standard InChI is InChI=1S/C8H16O3/c9-4-6-2-1-3-7(5-10)8(6)11/h6-11H,1-5H2/p+1. The molecule has 0 aromatic carbocycles. The van der Waals surface area contributed by atoms with Crippen molar-refractivity contribution in [2.75, 3.05) is 13.2 Å². The van der Waals surface area contributed by atoms with E-state index in [1.165, 1.54) is 0 Å². The van der Waals surface area contributed by atoms with Gasteiger partial charge in [-0.25, -0.2) is 0 Å². The van der Waals surface area contributed by atoms with Gasteiger partial charge >= 0.3 is 0 Å². The zero-order valence-corrected chi connectivity index (χ0v) is 6.66. The molecule has 0 bridgehead atoms. The van der Waals surface area contributed by atoms with Crippen molar-refractivity contribution in [1.29, 1.82) is 0 Å². The molecule has 0 aliphatic heterocycles. The first kappa shape index (κ1) is 8.97. The van der Waals surface area contributed by atoms with Gasteiger partial charge in [-0.05, 0) is 12.8 Å². The minimum absolute atomic E-state index is 0.0269. The molecule has 66 valence electrons. The van der Waals surface area contributed by atoms with E-state index in [1.807, 2.05) is 0 Å². The average molecular weight is 161 g/mol. The van der Waals surface area contributed by atoms with Gasteiger partial charge in [-0.15, -0.1) is 0 Å². The lowest BCUT2D eigenvalue weighted by Crippen LogP contribution is -2.37. The molecule has 1 fully saturated rings. The van der Waals surface area contributed by atoms with E-state index in [4.69, 9.17) is 10.2 Å². The topological polar surface area (TPSA) is 63.4 Å². The van der Waals surface area contributed by atoms with Gasteiger partial charge in [0, 0.05) is 12.5 Å². The average Bonchev–Trinajstić information content (AvgIpc) is 2.05. The van der Waals surface area contributed by atoms with Crippen LogP contribution in [0.5, 0.6) is 0 Å². The third-order valence-electron chi connectivity index (χ3n) is 2.61. The summed E-state index contributed by atoms with van der Waals surface area (Å²) < 4.78 is 0. The van der Waals surface area contributed by atoms with Crippen molar-refractivity contribution in [3.63, 3.8) is 0 Å². The van der Waals surface area contributed by atoms with Crippen molar-refractivity contribution in [1.82, 2.24) is 0 Å². The maximum atomic E-state index is 9.55. The maximum absolute atomic E-state index is 9.55. The monoisotopic (exact) mass is 161 g/mol. The Hall–Kier alpha value is -0.120. The Bertz CT molecular complexity index is 104. The van der Waals surface area contributed by atoms with Gasteiger partial charge in [-0.3, -0.25) is 0 Å². The van der Waals surface area contributed by atoms with Gasteiger partial charge in [0.05, 0.1) is 12.0 Å². The van der Waals surface area contributed by atoms with Crippen LogP contribution in [0.1, 0.15) is 19.3 Å². The van der Waals surface area contributed by atoms with Gasteiger partial charge in [0.1, 0.15) is 6.61 Å². The first-order valence-corrected chi connectivity index (χ1v) is 4.23. The Kier molecular flexibility index (Phi) is 3.30. The van der Waals surface area contributed by atoms with Crippen LogP contribution in [0, 0.1) is 11.8 Å². The van der Waals surface area contributed by atoms with Gasteiger partial charge in [0.15, 0.2) is 0 Å². The fraction of sp³-hybridized carbons (Fsp3) is 1.00. The van der Waals surface area contributed by atoms with Gasteiger partial charge in [-0.1, -0.05) is 6.42 Å². The molecule has 1 aliphatic rings. The Morgan fingerprint density at radius 1 is 1.27 bits per heavy atom. The SMILES string of the molecule is OCC1CCCC(C[OH2+])C1O. The van der Waals surface area contributed by atoms with Crippen molar-refractivity contribution in [2.45, 2.75) is 25.4 Å². The first-order chi connectivity index (χ1) is 5.29. The summed E-state index contributed by atoms with van der Waals surface area (Å²) in [6.07, 6.45) is 2.47. The van der Waals surface area contributed by atoms with E-state index in [0.29, 0.717) is 0 Å². The van der Waals surface area contributed by atoms with Crippen LogP contribution in [0.2, 0.25) is 0 Å². The summed E-state index contributed by atoms with van der Waals surface area (Å²) in [6.45, 7) is 0.356. The second-order valence-electron chi connectivity index (χ2n) is 3.33. The van der Waals surface area contributed by atoms with Crippen LogP contribution in [0.25, 0.3) is 0 Å². The van der Waals surface area contributed by atoms with Crippen LogP contribution in [0.15, 0.2) is 0 Å². The van der Waals surface area contributed by atoms with E-state index in [2.05, 4.69) is 0 Å². The number of hydrogen-bond donors (Lipinski definition) is 2. The van der Waals surface area contributed by atoms with Crippen LogP contribution in [-0.4, -0.2) is 34.6 Å². The molecule has 0 spiro atoms. The van der Waals surface area contributed by atoms with E-state index in [1.54, 1.807) is 0 Å². The fourth-order valence-corrected chi connectivity index (χ4v) is 1.79. The Morgan fingerprint density at radius 2 is 1.91 bits per heavy atom. The zero-order chi connectivity index (χ0) is 8.27. The minimum Gasteiger partial charge on any atom is -0.445 e. The number of aliphatic hydroxyl groups is 2. The summed E-state index contributed by atoms with van der Waals surface area (Å²) in [7, 11) is 0. The van der Waals surface area contributed by atoms with E-state index < -0.39 is 6.10 Å². The zero-order valence-electron chi connectivity index (χ0n) is 6.66. The lowest BCUT2D eigenvalue weighted by atomic mass is 9.79. The van der Waals surface area contributed by atoms with Crippen molar-refractivity contribution in [3.05, 3.63) is 0 Å². The fourth-order valence-electron chi connectivity index (χ4n) is 1.79. The molecule has 0 amide bonds. The molecule has 0 saturated heterocycles. The molecule has 3 unspecified atom stereocenters. The normalized spacial score (nSPS) is 39.0. The third kappa shape index (κ3) is 1.92. The molecular formula is C8H17O3+. The molecular weight excluding hydrogens is 144 g/mol. The Labute approximate surface area is 66.7 Å². The van der Waals surface area contributed by atoms with Crippen molar-refractivity contribution in [2.24, 2.45) is 11.8 Å². The van der Waals surface area contributed by atoms with E-state index in [0.717, 1.165) is 19.3 Å². The van der Waals surface area contributed by atoms with Gasteiger partial charge in [0.25, 0.3) is 0 Å². The second-order valence-corrected chi connectivity index (χ2v) is 3.33. The van der Waals surface area contributed by atoms with Gasteiger partial charge < -0.3 is 15.3 Å².